The van der Waals surface area contributed by atoms with Crippen LogP contribution in [0, 0.1) is 0 Å². The summed E-state index contributed by atoms with van der Waals surface area (Å²) in [5.74, 6) is 0.794. The van der Waals surface area contributed by atoms with Crippen LogP contribution in [0.15, 0.2) is 39.8 Å². The zero-order valence-electron chi connectivity index (χ0n) is 15.6. The first-order valence-electron chi connectivity index (χ1n) is 9.61. The second-order valence-corrected chi connectivity index (χ2v) is 8.00. The zero-order valence-corrected chi connectivity index (χ0v) is 16.4. The van der Waals surface area contributed by atoms with Crippen molar-refractivity contribution in [3.05, 3.63) is 36.1 Å². The molecule has 4 heteroatoms. The van der Waals surface area contributed by atoms with E-state index in [9.17, 15) is 4.21 Å². The first kappa shape index (κ1) is 19.9. The van der Waals surface area contributed by atoms with Gasteiger partial charge in [0.15, 0.2) is 5.76 Å². The molecule has 0 aliphatic rings. The lowest BCUT2D eigenvalue weighted by Crippen LogP contribution is -1.95. The van der Waals surface area contributed by atoms with Gasteiger partial charge in [-0.3, -0.25) is 4.21 Å². The van der Waals surface area contributed by atoms with Crippen LogP contribution in [0.25, 0.3) is 11.3 Å². The molecule has 0 bridgehead atoms. The van der Waals surface area contributed by atoms with Crippen LogP contribution in [-0.2, 0) is 17.2 Å². The molecule has 0 amide bonds. The van der Waals surface area contributed by atoms with E-state index < -0.39 is 10.8 Å². The van der Waals surface area contributed by atoms with Gasteiger partial charge in [0.25, 0.3) is 0 Å². The Hall–Kier alpha value is -1.42. The molecule has 0 N–H and O–H groups in total. The molecule has 0 aliphatic carbocycles. The SMILES string of the molecule is CCCCCCCCCCCc1onc(-c2ccccc2)c1S(C)=O. The summed E-state index contributed by atoms with van der Waals surface area (Å²) in [6, 6.07) is 9.86. The largest absolute Gasteiger partial charge is 0.359 e. The van der Waals surface area contributed by atoms with Crippen LogP contribution in [0.1, 0.15) is 70.5 Å². The Morgan fingerprint density at radius 1 is 0.920 bits per heavy atom. The van der Waals surface area contributed by atoms with Crippen molar-refractivity contribution in [2.24, 2.45) is 0 Å². The standard InChI is InChI=1S/C21H31NO2S/c1-3-4-5-6-7-8-9-10-14-17-19-21(25(2)23)20(22-24-19)18-15-12-11-13-16-18/h11-13,15-16H,3-10,14,17H2,1-2H3. The van der Waals surface area contributed by atoms with Gasteiger partial charge >= 0.3 is 0 Å². The van der Waals surface area contributed by atoms with Gasteiger partial charge in [-0.1, -0.05) is 93.8 Å². The highest BCUT2D eigenvalue weighted by molar-refractivity contribution is 7.84. The minimum absolute atomic E-state index is 0.729. The predicted molar refractivity (Wildman–Crippen MR) is 105 cm³/mol. The number of rotatable bonds is 12. The van der Waals surface area contributed by atoms with E-state index in [1.54, 1.807) is 6.26 Å². The van der Waals surface area contributed by atoms with Crippen molar-refractivity contribution in [1.82, 2.24) is 5.16 Å². The number of unbranched alkanes of at least 4 members (excludes halogenated alkanes) is 8. The number of aryl methyl sites for hydroxylation is 1. The fourth-order valence-electron chi connectivity index (χ4n) is 3.15. The third-order valence-corrected chi connectivity index (χ3v) is 5.55. The summed E-state index contributed by atoms with van der Waals surface area (Å²) in [4.78, 5) is 0.769. The van der Waals surface area contributed by atoms with Crippen LogP contribution in [0.3, 0.4) is 0 Å². The Kier molecular flexibility index (Phi) is 8.95. The fraction of sp³-hybridized carbons (Fsp3) is 0.571. The average Bonchev–Trinajstić information content (AvgIpc) is 3.05. The number of aromatic nitrogens is 1. The Labute approximate surface area is 154 Å². The van der Waals surface area contributed by atoms with Crippen LogP contribution in [0.5, 0.6) is 0 Å². The van der Waals surface area contributed by atoms with E-state index in [2.05, 4.69) is 12.1 Å². The van der Waals surface area contributed by atoms with E-state index in [1.807, 2.05) is 30.3 Å². The number of hydrogen-bond acceptors (Lipinski definition) is 3. The molecule has 0 spiro atoms. The minimum atomic E-state index is -1.09. The first-order valence-corrected chi connectivity index (χ1v) is 11.2. The summed E-state index contributed by atoms with van der Waals surface area (Å²) in [6.07, 6.45) is 14.2. The molecular formula is C21H31NO2S. The van der Waals surface area contributed by atoms with Gasteiger partial charge in [0.1, 0.15) is 10.6 Å². The van der Waals surface area contributed by atoms with Crippen LogP contribution in [0.4, 0.5) is 0 Å². The first-order chi connectivity index (χ1) is 12.2. The summed E-state index contributed by atoms with van der Waals surface area (Å²) >= 11 is 0. The molecule has 1 aromatic heterocycles. The molecule has 1 atom stereocenters. The molecule has 1 heterocycles. The van der Waals surface area contributed by atoms with Crippen LogP contribution >= 0.6 is 0 Å². The van der Waals surface area contributed by atoms with Crippen molar-refractivity contribution in [2.75, 3.05) is 6.26 Å². The van der Waals surface area contributed by atoms with Gasteiger partial charge in [-0.2, -0.15) is 0 Å². The van der Waals surface area contributed by atoms with E-state index in [-0.39, 0.29) is 0 Å². The van der Waals surface area contributed by atoms with Crippen molar-refractivity contribution in [1.29, 1.82) is 0 Å². The van der Waals surface area contributed by atoms with Gasteiger partial charge in [-0.25, -0.2) is 0 Å². The molecule has 0 fully saturated rings. The van der Waals surface area contributed by atoms with Gasteiger partial charge in [0.05, 0.1) is 10.8 Å². The molecule has 2 aromatic rings. The molecule has 1 unspecified atom stereocenters. The molecule has 0 saturated heterocycles. The smallest absolute Gasteiger partial charge is 0.153 e. The average molecular weight is 362 g/mol. The van der Waals surface area contributed by atoms with Gasteiger partial charge in [-0.05, 0) is 6.42 Å². The van der Waals surface area contributed by atoms with E-state index in [0.29, 0.717) is 0 Å². The summed E-state index contributed by atoms with van der Waals surface area (Å²) < 4.78 is 17.7. The molecule has 0 aliphatic heterocycles. The van der Waals surface area contributed by atoms with Crippen molar-refractivity contribution >= 4 is 10.8 Å². The predicted octanol–water partition coefficient (Wildman–Crippen LogP) is 6.15. The van der Waals surface area contributed by atoms with Crippen LogP contribution < -0.4 is 0 Å². The molecule has 25 heavy (non-hydrogen) atoms. The molecule has 0 radical (unpaired) electrons. The minimum Gasteiger partial charge on any atom is -0.359 e. The lowest BCUT2D eigenvalue weighted by molar-refractivity contribution is 0.376. The van der Waals surface area contributed by atoms with E-state index in [0.717, 1.165) is 34.8 Å². The number of nitrogens with zero attached hydrogens (tertiary/aromatic N) is 1. The van der Waals surface area contributed by atoms with Gasteiger partial charge in [-0.15, -0.1) is 0 Å². The number of hydrogen-bond donors (Lipinski definition) is 0. The second kappa shape index (κ2) is 11.2. The normalized spacial score (nSPS) is 12.4. The summed E-state index contributed by atoms with van der Waals surface area (Å²) in [7, 11) is -1.09. The highest BCUT2D eigenvalue weighted by atomic mass is 32.2. The molecular weight excluding hydrogens is 330 g/mol. The zero-order chi connectivity index (χ0) is 17.9. The van der Waals surface area contributed by atoms with E-state index in [4.69, 9.17) is 4.52 Å². The van der Waals surface area contributed by atoms with Crippen LogP contribution in [-0.4, -0.2) is 15.6 Å². The van der Waals surface area contributed by atoms with Crippen molar-refractivity contribution in [2.45, 2.75) is 76.0 Å². The molecule has 0 saturated carbocycles. The molecule has 3 nitrogen and oxygen atoms in total. The highest BCUT2D eigenvalue weighted by Gasteiger charge is 2.20. The topological polar surface area (TPSA) is 43.1 Å². The Balaban J connectivity index is 1.81. The maximum atomic E-state index is 12.2. The van der Waals surface area contributed by atoms with E-state index >= 15 is 0 Å². The molecule has 1 aromatic carbocycles. The fourth-order valence-corrected chi connectivity index (χ4v) is 4.03. The summed E-state index contributed by atoms with van der Waals surface area (Å²) in [5, 5.41) is 4.20. The number of benzene rings is 1. The summed E-state index contributed by atoms with van der Waals surface area (Å²) in [6.45, 7) is 2.25. The molecule has 138 valence electrons. The van der Waals surface area contributed by atoms with E-state index in [1.165, 1.54) is 51.4 Å². The summed E-state index contributed by atoms with van der Waals surface area (Å²) in [5.41, 5.74) is 1.70. The monoisotopic (exact) mass is 361 g/mol. The Morgan fingerprint density at radius 2 is 1.52 bits per heavy atom. The lowest BCUT2D eigenvalue weighted by atomic mass is 10.1. The Morgan fingerprint density at radius 3 is 2.12 bits per heavy atom. The quantitative estimate of drug-likeness (QED) is 0.426. The van der Waals surface area contributed by atoms with Crippen molar-refractivity contribution in [3.8, 4) is 11.3 Å². The third-order valence-electron chi connectivity index (χ3n) is 4.56. The third kappa shape index (κ3) is 6.43. The second-order valence-electron chi connectivity index (χ2n) is 6.68. The lowest BCUT2D eigenvalue weighted by Gasteiger charge is -2.03. The van der Waals surface area contributed by atoms with Crippen molar-refractivity contribution < 1.29 is 8.73 Å². The van der Waals surface area contributed by atoms with Gasteiger partial charge in [0.2, 0.25) is 0 Å². The highest BCUT2D eigenvalue weighted by Crippen LogP contribution is 2.29. The van der Waals surface area contributed by atoms with Crippen LogP contribution in [0.2, 0.25) is 0 Å². The van der Waals surface area contributed by atoms with Gasteiger partial charge < -0.3 is 4.52 Å². The Bertz CT molecular complexity index is 637. The van der Waals surface area contributed by atoms with Crippen molar-refractivity contribution in [3.63, 3.8) is 0 Å². The maximum Gasteiger partial charge on any atom is 0.153 e. The maximum absolute atomic E-state index is 12.2. The van der Waals surface area contributed by atoms with Gasteiger partial charge in [0, 0.05) is 18.2 Å². The molecule has 2 rings (SSSR count).